The van der Waals surface area contributed by atoms with Crippen molar-refractivity contribution in [2.24, 2.45) is 5.84 Å². The van der Waals surface area contributed by atoms with E-state index in [1.54, 1.807) is 0 Å². The number of nitrogen functional groups attached to an aromatic ring is 1. The fourth-order valence-electron chi connectivity index (χ4n) is 5.14. The average molecular weight is 402 g/mol. The zero-order valence-electron chi connectivity index (χ0n) is 17.2. The minimum atomic E-state index is 0.884. The zero-order valence-corrected chi connectivity index (χ0v) is 17.2. The maximum absolute atomic E-state index is 5.59. The summed E-state index contributed by atoms with van der Waals surface area (Å²) in [5.74, 6) is 5.59. The van der Waals surface area contributed by atoms with Crippen molar-refractivity contribution in [2.75, 3.05) is 10.3 Å². The van der Waals surface area contributed by atoms with Gasteiger partial charge in [-0.05, 0) is 76.4 Å². The SMILES string of the molecule is C=C1/C=C\C=C/N(c2ccc(NN)cc2)c2c1c1c(c3ccccc23)CC2=C1CC=C2. The fraction of sp³-hybridized carbons (Fsp3) is 0.0714. The second kappa shape index (κ2) is 6.86. The number of hydrogen-bond acceptors (Lipinski definition) is 3. The number of anilines is 3. The van der Waals surface area contributed by atoms with Gasteiger partial charge in [0, 0.05) is 28.5 Å². The van der Waals surface area contributed by atoms with Crippen LogP contribution in [0, 0.1) is 0 Å². The van der Waals surface area contributed by atoms with Gasteiger partial charge in [-0.15, -0.1) is 0 Å². The van der Waals surface area contributed by atoms with Crippen molar-refractivity contribution in [3.05, 3.63) is 114 Å². The first kappa shape index (κ1) is 18.0. The molecule has 1 heterocycles. The zero-order chi connectivity index (χ0) is 20.9. The van der Waals surface area contributed by atoms with Gasteiger partial charge < -0.3 is 10.3 Å². The third-order valence-corrected chi connectivity index (χ3v) is 6.51. The van der Waals surface area contributed by atoms with Crippen molar-refractivity contribution in [1.82, 2.24) is 0 Å². The second-order valence-electron chi connectivity index (χ2n) is 8.20. The minimum absolute atomic E-state index is 0.884. The first-order valence-electron chi connectivity index (χ1n) is 10.6. The van der Waals surface area contributed by atoms with Crippen LogP contribution < -0.4 is 16.2 Å². The van der Waals surface area contributed by atoms with Gasteiger partial charge in [-0.2, -0.15) is 0 Å². The summed E-state index contributed by atoms with van der Waals surface area (Å²) in [7, 11) is 0. The van der Waals surface area contributed by atoms with E-state index < -0.39 is 0 Å². The molecule has 2 aliphatic carbocycles. The van der Waals surface area contributed by atoms with Crippen LogP contribution in [-0.4, -0.2) is 0 Å². The van der Waals surface area contributed by atoms with Crippen molar-refractivity contribution in [3.8, 4) is 0 Å². The van der Waals surface area contributed by atoms with Crippen molar-refractivity contribution in [1.29, 1.82) is 0 Å². The van der Waals surface area contributed by atoms with E-state index in [-0.39, 0.29) is 0 Å². The Balaban J connectivity index is 1.71. The number of hydrogen-bond donors (Lipinski definition) is 2. The molecule has 6 rings (SSSR count). The molecule has 3 aromatic rings. The molecule has 0 amide bonds. The lowest BCUT2D eigenvalue weighted by Gasteiger charge is -2.29. The van der Waals surface area contributed by atoms with E-state index in [9.17, 15) is 0 Å². The lowest BCUT2D eigenvalue weighted by atomic mass is 9.86. The fourth-order valence-corrected chi connectivity index (χ4v) is 5.14. The van der Waals surface area contributed by atoms with Gasteiger partial charge >= 0.3 is 0 Å². The number of nitrogens with two attached hydrogens (primary N) is 1. The lowest BCUT2D eigenvalue weighted by Crippen LogP contribution is -2.14. The summed E-state index contributed by atoms with van der Waals surface area (Å²) in [5, 5.41) is 2.58. The van der Waals surface area contributed by atoms with Crippen molar-refractivity contribution in [2.45, 2.75) is 12.8 Å². The summed E-state index contributed by atoms with van der Waals surface area (Å²) < 4.78 is 0. The Labute approximate surface area is 182 Å². The number of hydrazine groups is 1. The van der Waals surface area contributed by atoms with E-state index in [1.807, 2.05) is 12.1 Å². The molecule has 0 bridgehead atoms. The van der Waals surface area contributed by atoms with Crippen LogP contribution in [0.15, 0.2) is 97.3 Å². The Morgan fingerprint density at radius 1 is 0.903 bits per heavy atom. The largest absolute Gasteiger partial charge is 0.324 e. The number of nitrogens with zero attached hydrogens (tertiary/aromatic N) is 1. The highest BCUT2D eigenvalue weighted by atomic mass is 15.2. The van der Waals surface area contributed by atoms with Gasteiger partial charge in [-0.25, -0.2) is 0 Å². The maximum Gasteiger partial charge on any atom is 0.0618 e. The summed E-state index contributed by atoms with van der Waals surface area (Å²) >= 11 is 0. The lowest BCUT2D eigenvalue weighted by molar-refractivity contribution is 1.24. The van der Waals surface area contributed by atoms with Crippen LogP contribution in [0.2, 0.25) is 0 Å². The van der Waals surface area contributed by atoms with E-state index in [0.717, 1.165) is 29.8 Å². The smallest absolute Gasteiger partial charge is 0.0618 e. The van der Waals surface area contributed by atoms with Gasteiger partial charge in [0.25, 0.3) is 0 Å². The van der Waals surface area contributed by atoms with Crippen LogP contribution >= 0.6 is 0 Å². The Kier molecular flexibility index (Phi) is 3.98. The molecule has 3 heteroatoms. The molecule has 0 atom stereocenters. The number of benzene rings is 3. The highest BCUT2D eigenvalue weighted by Crippen LogP contribution is 2.51. The summed E-state index contributed by atoms with van der Waals surface area (Å²) in [6.45, 7) is 4.49. The first-order chi connectivity index (χ1) is 15.3. The molecule has 0 saturated heterocycles. The number of fused-ring (bicyclic) bond motifs is 7. The standard InChI is InChI=1S/C28H23N3/c1-18-7-4-5-16-31(21-14-12-20(30-29)13-15-21)28-24-10-3-2-9-23(24)25-17-19-8-6-11-22(19)27(25)26(18)28/h2-10,12-16,30H,1,11,17,29H2/b7-4-,16-5-. The summed E-state index contributed by atoms with van der Waals surface area (Å²) in [6.07, 6.45) is 15.0. The number of nitrogens with one attached hydrogen (secondary N) is 1. The van der Waals surface area contributed by atoms with E-state index >= 15 is 0 Å². The topological polar surface area (TPSA) is 41.3 Å². The quantitative estimate of drug-likeness (QED) is 0.374. The van der Waals surface area contributed by atoms with E-state index in [1.165, 1.54) is 44.3 Å². The maximum atomic E-state index is 5.59. The summed E-state index contributed by atoms with van der Waals surface area (Å²) in [6, 6.07) is 17.0. The van der Waals surface area contributed by atoms with E-state index in [0.29, 0.717) is 0 Å². The Hall–Kier alpha value is -3.82. The van der Waals surface area contributed by atoms with Crippen LogP contribution in [-0.2, 0) is 6.42 Å². The van der Waals surface area contributed by atoms with Gasteiger partial charge in [0.15, 0.2) is 0 Å². The molecular weight excluding hydrogens is 378 g/mol. The molecule has 0 fully saturated rings. The molecule has 31 heavy (non-hydrogen) atoms. The third kappa shape index (κ3) is 2.64. The predicted octanol–water partition coefficient (Wildman–Crippen LogP) is 6.63. The molecule has 3 nitrogen and oxygen atoms in total. The van der Waals surface area contributed by atoms with Gasteiger partial charge in [0.05, 0.1) is 5.69 Å². The normalized spacial score (nSPS) is 18.5. The molecule has 0 aromatic heterocycles. The van der Waals surface area contributed by atoms with Crippen LogP contribution in [0.1, 0.15) is 23.1 Å². The van der Waals surface area contributed by atoms with E-state index in [4.69, 9.17) is 5.84 Å². The van der Waals surface area contributed by atoms with Crippen LogP contribution in [0.5, 0.6) is 0 Å². The highest BCUT2D eigenvalue weighted by molar-refractivity contribution is 6.11. The van der Waals surface area contributed by atoms with Gasteiger partial charge in [0.1, 0.15) is 0 Å². The molecule has 3 aliphatic rings. The molecule has 150 valence electrons. The van der Waals surface area contributed by atoms with Crippen LogP contribution in [0.25, 0.3) is 21.9 Å². The predicted molar refractivity (Wildman–Crippen MR) is 132 cm³/mol. The molecule has 0 radical (unpaired) electrons. The Morgan fingerprint density at radius 2 is 1.71 bits per heavy atom. The van der Waals surface area contributed by atoms with Crippen molar-refractivity contribution >= 4 is 39.0 Å². The highest BCUT2D eigenvalue weighted by Gasteiger charge is 2.31. The average Bonchev–Trinajstić information content (AvgIpc) is 3.39. The molecule has 0 unspecified atom stereocenters. The number of rotatable bonds is 2. The van der Waals surface area contributed by atoms with Gasteiger partial charge in [-0.3, -0.25) is 5.84 Å². The Bertz CT molecular complexity index is 1370. The van der Waals surface area contributed by atoms with Crippen LogP contribution in [0.4, 0.5) is 17.1 Å². The summed E-state index contributed by atoms with van der Waals surface area (Å²) in [4.78, 5) is 2.29. The van der Waals surface area contributed by atoms with E-state index in [2.05, 4.69) is 89.9 Å². The minimum Gasteiger partial charge on any atom is -0.324 e. The van der Waals surface area contributed by atoms with Gasteiger partial charge in [-0.1, -0.05) is 55.1 Å². The summed E-state index contributed by atoms with van der Waals surface area (Å²) in [5.41, 5.74) is 13.9. The second-order valence-corrected chi connectivity index (χ2v) is 8.20. The van der Waals surface area contributed by atoms with Gasteiger partial charge in [0.2, 0.25) is 0 Å². The van der Waals surface area contributed by atoms with Crippen LogP contribution in [0.3, 0.4) is 0 Å². The first-order valence-corrected chi connectivity index (χ1v) is 10.6. The molecule has 0 spiro atoms. The molecular formula is C28H23N3. The molecule has 3 aromatic carbocycles. The third-order valence-electron chi connectivity index (χ3n) is 6.51. The Morgan fingerprint density at radius 3 is 2.52 bits per heavy atom. The molecule has 0 saturated carbocycles. The molecule has 1 aliphatic heterocycles. The molecule has 3 N–H and O–H groups in total. The number of allylic oxidation sites excluding steroid dienone is 8. The van der Waals surface area contributed by atoms with Crippen molar-refractivity contribution < 1.29 is 0 Å². The van der Waals surface area contributed by atoms with Crippen molar-refractivity contribution in [3.63, 3.8) is 0 Å². The monoisotopic (exact) mass is 401 g/mol.